The first kappa shape index (κ1) is 19.3. The first-order chi connectivity index (χ1) is 10.2. The molecule has 1 rings (SSSR count). The predicted molar refractivity (Wildman–Crippen MR) is 92.1 cm³/mol. The van der Waals surface area contributed by atoms with Crippen LogP contribution in [0, 0.1) is 5.92 Å². The highest BCUT2D eigenvalue weighted by atomic mass is 16.6. The SMILES string of the molecule is CC(C)CCCNC(C)CC1CCCN1C(=O)OC(C)(C)C. The maximum absolute atomic E-state index is 12.3. The number of nitrogens with one attached hydrogen (secondary N) is 1. The van der Waals surface area contributed by atoms with E-state index in [2.05, 4.69) is 26.1 Å². The van der Waals surface area contributed by atoms with Crippen LogP contribution in [-0.4, -0.2) is 41.8 Å². The summed E-state index contributed by atoms with van der Waals surface area (Å²) in [7, 11) is 0. The molecule has 1 fully saturated rings. The Bertz CT molecular complexity index is 336. The van der Waals surface area contributed by atoms with Gasteiger partial charge in [-0.3, -0.25) is 0 Å². The second-order valence-corrected chi connectivity index (χ2v) is 8.10. The molecule has 2 atom stereocenters. The molecule has 0 spiro atoms. The normalized spacial score (nSPS) is 20.5. The molecule has 1 heterocycles. The van der Waals surface area contributed by atoms with Crippen LogP contribution in [0.3, 0.4) is 0 Å². The zero-order chi connectivity index (χ0) is 16.8. The summed E-state index contributed by atoms with van der Waals surface area (Å²) in [5, 5.41) is 3.59. The molecule has 0 bridgehead atoms. The molecular formula is C18H36N2O2. The van der Waals surface area contributed by atoms with Gasteiger partial charge in [0.2, 0.25) is 0 Å². The minimum atomic E-state index is -0.412. The number of ether oxygens (including phenoxy) is 1. The third-order valence-electron chi connectivity index (χ3n) is 4.08. The van der Waals surface area contributed by atoms with Crippen LogP contribution < -0.4 is 5.32 Å². The fraction of sp³-hybridized carbons (Fsp3) is 0.944. The smallest absolute Gasteiger partial charge is 0.410 e. The molecule has 130 valence electrons. The molecular weight excluding hydrogens is 276 g/mol. The van der Waals surface area contributed by atoms with E-state index in [1.807, 2.05) is 25.7 Å². The van der Waals surface area contributed by atoms with Gasteiger partial charge >= 0.3 is 6.09 Å². The topological polar surface area (TPSA) is 41.6 Å². The van der Waals surface area contributed by atoms with E-state index >= 15 is 0 Å². The van der Waals surface area contributed by atoms with Gasteiger partial charge in [0.1, 0.15) is 5.60 Å². The van der Waals surface area contributed by atoms with E-state index in [0.717, 1.165) is 38.3 Å². The van der Waals surface area contributed by atoms with Gasteiger partial charge in [-0.15, -0.1) is 0 Å². The Kier molecular flexibility index (Phi) is 7.67. The third-order valence-corrected chi connectivity index (χ3v) is 4.08. The zero-order valence-electron chi connectivity index (χ0n) is 15.4. The van der Waals surface area contributed by atoms with Crippen molar-refractivity contribution in [2.24, 2.45) is 5.92 Å². The number of amides is 1. The van der Waals surface area contributed by atoms with Crippen LogP contribution in [0.1, 0.15) is 73.6 Å². The third kappa shape index (κ3) is 7.48. The Morgan fingerprint density at radius 1 is 1.32 bits per heavy atom. The Balaban J connectivity index is 2.35. The van der Waals surface area contributed by atoms with Crippen molar-refractivity contribution < 1.29 is 9.53 Å². The van der Waals surface area contributed by atoms with Gasteiger partial charge in [-0.25, -0.2) is 4.79 Å². The predicted octanol–water partition coefficient (Wildman–Crippen LogP) is 4.19. The molecule has 4 nitrogen and oxygen atoms in total. The minimum absolute atomic E-state index is 0.151. The fourth-order valence-corrected chi connectivity index (χ4v) is 2.99. The van der Waals surface area contributed by atoms with E-state index in [4.69, 9.17) is 4.74 Å². The van der Waals surface area contributed by atoms with Gasteiger partial charge in [0.05, 0.1) is 0 Å². The Labute approximate surface area is 137 Å². The van der Waals surface area contributed by atoms with Crippen molar-refractivity contribution in [1.29, 1.82) is 0 Å². The molecule has 0 aromatic carbocycles. The molecule has 0 aliphatic carbocycles. The number of hydrogen-bond acceptors (Lipinski definition) is 3. The summed E-state index contributed by atoms with van der Waals surface area (Å²) in [5.41, 5.74) is -0.412. The summed E-state index contributed by atoms with van der Waals surface area (Å²) in [4.78, 5) is 14.2. The van der Waals surface area contributed by atoms with Crippen LogP contribution in [0.5, 0.6) is 0 Å². The lowest BCUT2D eigenvalue weighted by Crippen LogP contribution is -2.42. The van der Waals surface area contributed by atoms with E-state index in [9.17, 15) is 4.79 Å². The number of carbonyl (C=O) groups excluding carboxylic acids is 1. The van der Waals surface area contributed by atoms with Crippen molar-refractivity contribution >= 4 is 6.09 Å². The monoisotopic (exact) mass is 312 g/mol. The van der Waals surface area contributed by atoms with Gasteiger partial charge in [-0.05, 0) is 72.3 Å². The van der Waals surface area contributed by atoms with Gasteiger partial charge in [0, 0.05) is 18.6 Å². The maximum atomic E-state index is 12.3. The highest BCUT2D eigenvalue weighted by Gasteiger charge is 2.32. The lowest BCUT2D eigenvalue weighted by atomic mass is 10.1. The molecule has 0 aromatic heterocycles. The van der Waals surface area contributed by atoms with Crippen LogP contribution in [0.15, 0.2) is 0 Å². The fourth-order valence-electron chi connectivity index (χ4n) is 2.99. The largest absolute Gasteiger partial charge is 0.444 e. The van der Waals surface area contributed by atoms with Crippen LogP contribution in [0.25, 0.3) is 0 Å². The van der Waals surface area contributed by atoms with Crippen molar-refractivity contribution in [2.75, 3.05) is 13.1 Å². The molecule has 1 saturated heterocycles. The number of likely N-dealkylation sites (tertiary alicyclic amines) is 1. The molecule has 2 unspecified atom stereocenters. The number of rotatable bonds is 7. The summed E-state index contributed by atoms with van der Waals surface area (Å²) in [5.74, 6) is 0.773. The van der Waals surface area contributed by atoms with E-state index in [1.165, 1.54) is 12.8 Å². The van der Waals surface area contributed by atoms with Gasteiger partial charge in [0.25, 0.3) is 0 Å². The van der Waals surface area contributed by atoms with E-state index in [-0.39, 0.29) is 6.09 Å². The molecule has 4 heteroatoms. The van der Waals surface area contributed by atoms with Gasteiger partial charge in [-0.2, -0.15) is 0 Å². The van der Waals surface area contributed by atoms with Crippen LogP contribution >= 0.6 is 0 Å². The molecule has 22 heavy (non-hydrogen) atoms. The molecule has 1 aliphatic rings. The summed E-state index contributed by atoms with van der Waals surface area (Å²) in [6, 6.07) is 0.766. The van der Waals surface area contributed by atoms with Crippen molar-refractivity contribution in [3.8, 4) is 0 Å². The van der Waals surface area contributed by atoms with Gasteiger partial charge in [-0.1, -0.05) is 13.8 Å². The van der Waals surface area contributed by atoms with E-state index < -0.39 is 5.60 Å². The molecule has 0 radical (unpaired) electrons. The summed E-state index contributed by atoms with van der Waals surface area (Å²) < 4.78 is 5.52. The van der Waals surface area contributed by atoms with Crippen molar-refractivity contribution in [3.63, 3.8) is 0 Å². The molecule has 0 saturated carbocycles. The Morgan fingerprint density at radius 3 is 2.59 bits per heavy atom. The molecule has 1 aliphatic heterocycles. The highest BCUT2D eigenvalue weighted by Crippen LogP contribution is 2.24. The lowest BCUT2D eigenvalue weighted by molar-refractivity contribution is 0.0214. The van der Waals surface area contributed by atoms with Crippen molar-refractivity contribution in [3.05, 3.63) is 0 Å². The molecule has 0 aromatic rings. The van der Waals surface area contributed by atoms with Crippen LogP contribution in [-0.2, 0) is 4.74 Å². The van der Waals surface area contributed by atoms with E-state index in [0.29, 0.717) is 12.1 Å². The first-order valence-electron chi connectivity index (χ1n) is 8.92. The molecule has 1 N–H and O–H groups in total. The second kappa shape index (κ2) is 8.76. The average molecular weight is 312 g/mol. The average Bonchev–Trinajstić information content (AvgIpc) is 2.80. The number of hydrogen-bond donors (Lipinski definition) is 1. The summed E-state index contributed by atoms with van der Waals surface area (Å²) in [6.45, 7) is 14.4. The molecule has 1 amide bonds. The van der Waals surface area contributed by atoms with E-state index in [1.54, 1.807) is 0 Å². The first-order valence-corrected chi connectivity index (χ1v) is 8.92. The van der Waals surface area contributed by atoms with Crippen molar-refractivity contribution in [2.45, 2.75) is 91.3 Å². The second-order valence-electron chi connectivity index (χ2n) is 8.10. The highest BCUT2D eigenvalue weighted by molar-refractivity contribution is 5.68. The quantitative estimate of drug-likeness (QED) is 0.717. The van der Waals surface area contributed by atoms with Crippen molar-refractivity contribution in [1.82, 2.24) is 10.2 Å². The number of nitrogens with zero attached hydrogens (tertiary/aromatic N) is 1. The zero-order valence-corrected chi connectivity index (χ0v) is 15.4. The number of carbonyl (C=O) groups is 1. The summed E-state index contributed by atoms with van der Waals surface area (Å²) >= 11 is 0. The van der Waals surface area contributed by atoms with Crippen LogP contribution in [0.2, 0.25) is 0 Å². The Hall–Kier alpha value is -0.770. The maximum Gasteiger partial charge on any atom is 0.410 e. The minimum Gasteiger partial charge on any atom is -0.444 e. The lowest BCUT2D eigenvalue weighted by Gasteiger charge is -2.30. The Morgan fingerprint density at radius 2 is 2.00 bits per heavy atom. The summed E-state index contributed by atoms with van der Waals surface area (Å²) in [6.07, 6.45) is 5.54. The van der Waals surface area contributed by atoms with Crippen LogP contribution in [0.4, 0.5) is 4.79 Å². The standard InChI is InChI=1S/C18H36N2O2/c1-14(2)9-7-11-19-15(3)13-16-10-8-12-20(16)17(21)22-18(4,5)6/h14-16,19H,7-13H2,1-6H3. The van der Waals surface area contributed by atoms with Gasteiger partial charge in [0.15, 0.2) is 0 Å². The van der Waals surface area contributed by atoms with Gasteiger partial charge < -0.3 is 15.0 Å².